The van der Waals surface area contributed by atoms with Crippen molar-refractivity contribution in [1.29, 1.82) is 0 Å². The lowest BCUT2D eigenvalue weighted by Crippen LogP contribution is -2.53. The number of nitrogens with one attached hydrogen (secondary N) is 4. The molecule has 4 N–H and O–H groups in total. The lowest BCUT2D eigenvalue weighted by atomic mass is 9.47. The summed E-state index contributed by atoms with van der Waals surface area (Å²) in [6, 6.07) is 8.03. The van der Waals surface area contributed by atoms with Crippen molar-refractivity contribution >= 4 is 55.8 Å². The first kappa shape index (κ1) is 56.2. The topological polar surface area (TPSA) is 262 Å². The number of nitro benzene ring substituents is 2. The van der Waals surface area contributed by atoms with Crippen LogP contribution in [0.2, 0.25) is 0 Å². The van der Waals surface area contributed by atoms with Gasteiger partial charge in [0.05, 0.1) is 15.5 Å². The summed E-state index contributed by atoms with van der Waals surface area (Å²) in [6.07, 6.45) is 17.2. The molecule has 3 amide bonds. The van der Waals surface area contributed by atoms with Crippen molar-refractivity contribution in [2.75, 3.05) is 38.0 Å². The zero-order valence-electron chi connectivity index (χ0n) is 44.1. The second-order valence-electron chi connectivity index (χ2n) is 22.5. The number of para-hydroxylation sites is 1. The van der Waals surface area contributed by atoms with Crippen molar-refractivity contribution in [3.05, 3.63) is 68.3 Å². The molecule has 0 radical (unpaired) electrons. The first-order valence-corrected chi connectivity index (χ1v) is 28.7. The van der Waals surface area contributed by atoms with Crippen LogP contribution >= 0.6 is 0 Å². The minimum absolute atomic E-state index is 0.00520. The molecule has 0 spiro atoms. The number of unbranched alkanes of at least 4 members (excludes halogenated alkanes) is 2. The molecule has 4 aliphatic carbocycles. The van der Waals surface area contributed by atoms with Crippen molar-refractivity contribution in [2.24, 2.45) is 46.3 Å². The molecular formula is C54H79N9O10S. The number of non-ortho nitro benzene ring substituents is 1. The fourth-order valence-electron chi connectivity index (χ4n) is 13.7. The Bertz CT molecular complexity index is 2620. The molecule has 74 heavy (non-hydrogen) atoms. The highest BCUT2D eigenvalue weighted by molar-refractivity contribution is 7.89. The van der Waals surface area contributed by atoms with E-state index in [1.165, 1.54) is 85.2 Å². The van der Waals surface area contributed by atoms with Crippen LogP contribution in [-0.2, 0) is 24.4 Å². The summed E-state index contributed by atoms with van der Waals surface area (Å²) in [5.41, 5.74) is 1.91. The van der Waals surface area contributed by atoms with Crippen molar-refractivity contribution < 1.29 is 37.3 Å². The number of hydrogen-bond acceptors (Lipinski definition) is 13. The van der Waals surface area contributed by atoms with Crippen molar-refractivity contribution in [3.63, 3.8) is 0 Å². The number of amides is 3. The van der Waals surface area contributed by atoms with Crippen LogP contribution < -0.4 is 21.3 Å². The number of aromatic nitrogens is 2. The molecule has 7 rings (SSSR count). The van der Waals surface area contributed by atoms with Gasteiger partial charge in [-0.2, -0.15) is 4.31 Å². The summed E-state index contributed by atoms with van der Waals surface area (Å²) in [4.78, 5) is 59.6. The predicted octanol–water partition coefficient (Wildman–Crippen LogP) is 9.63. The number of allylic oxidation sites excluding steroid dienone is 1. The lowest BCUT2D eigenvalue weighted by Gasteiger charge is -2.59. The summed E-state index contributed by atoms with van der Waals surface area (Å²) >= 11 is 0. The molecule has 5 unspecified atom stereocenters. The summed E-state index contributed by atoms with van der Waals surface area (Å²) in [7, 11) is -4.31. The van der Waals surface area contributed by atoms with E-state index < -0.39 is 25.6 Å². The normalized spacial score (nSPS) is 24.9. The average molecular weight is 1050 g/mol. The zero-order chi connectivity index (χ0) is 53.2. The Kier molecular flexibility index (Phi) is 18.9. The Morgan fingerprint density at radius 2 is 1.45 bits per heavy atom. The van der Waals surface area contributed by atoms with E-state index in [2.05, 4.69) is 76.9 Å². The van der Waals surface area contributed by atoms with Crippen LogP contribution in [0.15, 0.2) is 57.6 Å². The second kappa shape index (κ2) is 24.9. The maximum absolute atomic E-state index is 14.6. The van der Waals surface area contributed by atoms with E-state index in [4.69, 9.17) is 0 Å². The fourth-order valence-corrected chi connectivity index (χ4v) is 15.5. The Morgan fingerprint density at radius 3 is 2.16 bits per heavy atom. The molecule has 3 aromatic rings. The van der Waals surface area contributed by atoms with Crippen molar-refractivity contribution in [3.8, 4) is 0 Å². The van der Waals surface area contributed by atoms with E-state index >= 15 is 0 Å². The van der Waals surface area contributed by atoms with Gasteiger partial charge in [0.1, 0.15) is 0 Å². The van der Waals surface area contributed by atoms with Gasteiger partial charge in [-0.1, -0.05) is 84.1 Å². The number of sulfonamides is 1. The van der Waals surface area contributed by atoms with Gasteiger partial charge in [0.2, 0.25) is 33.3 Å². The summed E-state index contributed by atoms with van der Waals surface area (Å²) < 4.78 is 35.4. The molecule has 3 fully saturated rings. The molecule has 4 aliphatic rings. The molecule has 19 nitrogen and oxygen atoms in total. The van der Waals surface area contributed by atoms with Gasteiger partial charge in [0, 0.05) is 70.2 Å². The molecule has 1 aromatic heterocycles. The molecule has 20 heteroatoms. The number of rotatable bonds is 27. The molecule has 2 aromatic carbocycles. The Labute approximate surface area is 435 Å². The summed E-state index contributed by atoms with van der Waals surface area (Å²) in [5.74, 6) is 3.29. The Morgan fingerprint density at radius 1 is 0.757 bits per heavy atom. The lowest BCUT2D eigenvalue weighted by molar-refractivity contribution is -0.387. The third-order valence-corrected chi connectivity index (χ3v) is 19.5. The number of benzene rings is 2. The van der Waals surface area contributed by atoms with E-state index in [1.54, 1.807) is 6.07 Å². The summed E-state index contributed by atoms with van der Waals surface area (Å²) in [6.45, 7) is 13.2. The van der Waals surface area contributed by atoms with Gasteiger partial charge >= 0.3 is 5.69 Å². The second-order valence-corrected chi connectivity index (χ2v) is 24.4. The monoisotopic (exact) mass is 1050 g/mol. The van der Waals surface area contributed by atoms with Gasteiger partial charge in [-0.15, -0.1) is 0 Å². The SMILES string of the molecule is CC(C)CCCC(C)[C@H]1CCC2C3CC=C4CC(N(CCCNC(=O)CCNC(=O)CCNC(=O)CCCCCNc5ccc([N+](=O)[O-])c6nonc56)S(=O)(=O)c5ccccc5[N+](=O)[O-])CC[C@]4(C)C3CC[C@@]21C. The minimum Gasteiger partial charge on any atom is -0.383 e. The average Bonchev–Trinajstić information content (AvgIpc) is 4.00. The van der Waals surface area contributed by atoms with Gasteiger partial charge < -0.3 is 21.3 Å². The third-order valence-electron chi connectivity index (χ3n) is 17.5. The smallest absolute Gasteiger partial charge is 0.300 e. The molecule has 8 atom stereocenters. The van der Waals surface area contributed by atoms with Crippen LogP contribution in [0.4, 0.5) is 17.1 Å². The van der Waals surface area contributed by atoms with E-state index in [-0.39, 0.29) is 103 Å². The Balaban J connectivity index is 0.842. The third kappa shape index (κ3) is 12.9. The number of carbonyl (C=O) groups is 3. The quantitative estimate of drug-likeness (QED) is 0.0240. The number of nitrogens with zero attached hydrogens (tertiary/aromatic N) is 5. The van der Waals surface area contributed by atoms with Crippen LogP contribution in [0, 0.1) is 66.6 Å². The molecule has 0 aliphatic heterocycles. The fraction of sp³-hybridized carbons (Fsp3) is 0.685. The molecule has 3 saturated carbocycles. The predicted molar refractivity (Wildman–Crippen MR) is 282 cm³/mol. The molecule has 0 bridgehead atoms. The highest BCUT2D eigenvalue weighted by atomic mass is 32.2. The van der Waals surface area contributed by atoms with Crippen LogP contribution in [-0.4, -0.2) is 89.4 Å². The van der Waals surface area contributed by atoms with Gasteiger partial charge in [0.15, 0.2) is 10.4 Å². The van der Waals surface area contributed by atoms with Gasteiger partial charge in [-0.05, 0) is 139 Å². The highest BCUT2D eigenvalue weighted by Crippen LogP contribution is 2.67. The van der Waals surface area contributed by atoms with E-state index in [0.717, 1.165) is 43.4 Å². The first-order valence-electron chi connectivity index (χ1n) is 27.2. The number of fused-ring (bicyclic) bond motifs is 6. The van der Waals surface area contributed by atoms with Gasteiger partial charge in [-0.25, -0.2) is 13.0 Å². The zero-order valence-corrected chi connectivity index (χ0v) is 44.9. The van der Waals surface area contributed by atoms with Crippen molar-refractivity contribution in [1.82, 2.24) is 30.6 Å². The van der Waals surface area contributed by atoms with E-state index in [9.17, 15) is 43.0 Å². The Hall–Kier alpha value is -5.50. The van der Waals surface area contributed by atoms with Crippen LogP contribution in [0.25, 0.3) is 11.0 Å². The highest BCUT2D eigenvalue weighted by Gasteiger charge is 2.59. The van der Waals surface area contributed by atoms with Gasteiger partial charge in [0.25, 0.3) is 5.69 Å². The first-order chi connectivity index (χ1) is 35.3. The minimum atomic E-state index is -4.31. The van der Waals surface area contributed by atoms with Crippen molar-refractivity contribution in [2.45, 2.75) is 161 Å². The standard InChI is InChI=1S/C54H79N9O10S/c1-36(2)13-11-14-37(3)41-20-21-42-40-19-18-38-35-39(24-28-53(38,4)43(40)25-29-54(41,42)5)61(74(71,72)47-16-9-8-15-45(47)62(67)68)34-12-31-56-49(65)26-33-58-50(66)27-32-57-48(64)17-7-6-10-30-55-44-22-23-46(63(69)70)52-51(44)59-73-60-52/h8-9,15-16,18,22-23,36-37,39-43,55H,6-7,10-14,17,19-21,24-35H2,1-5H3,(H,56,65)(H,57,64)(H,58,66)/t37?,39?,40?,41-,42?,43?,53+,54-/m1/s1. The number of carbonyl (C=O) groups excluding carboxylic acids is 3. The molecular weight excluding hydrogens is 967 g/mol. The van der Waals surface area contributed by atoms with E-state index in [0.29, 0.717) is 54.7 Å². The van der Waals surface area contributed by atoms with Crippen LogP contribution in [0.1, 0.15) is 150 Å². The maximum Gasteiger partial charge on any atom is 0.300 e. The number of hydrogen-bond donors (Lipinski definition) is 4. The number of anilines is 1. The molecule has 1 heterocycles. The maximum atomic E-state index is 14.6. The van der Waals surface area contributed by atoms with Gasteiger partial charge in [-0.3, -0.25) is 34.6 Å². The van der Waals surface area contributed by atoms with Crippen LogP contribution in [0.3, 0.4) is 0 Å². The molecule has 0 saturated heterocycles. The van der Waals surface area contributed by atoms with E-state index in [1.807, 2.05) is 0 Å². The molecule has 406 valence electrons. The summed E-state index contributed by atoms with van der Waals surface area (Å²) in [5, 5.41) is 42.2. The number of nitro groups is 2. The largest absolute Gasteiger partial charge is 0.383 e. The van der Waals surface area contributed by atoms with Crippen LogP contribution in [0.5, 0.6) is 0 Å².